The zero-order chi connectivity index (χ0) is 24.4. The molecule has 1 aromatic carbocycles. The van der Waals surface area contributed by atoms with Gasteiger partial charge >= 0.3 is 0 Å². The van der Waals surface area contributed by atoms with E-state index >= 15 is 0 Å². The Morgan fingerprint density at radius 1 is 1.03 bits per heavy atom. The zero-order valence-corrected chi connectivity index (χ0v) is 19.7. The van der Waals surface area contributed by atoms with Crippen LogP contribution in [0.1, 0.15) is 18.2 Å². The van der Waals surface area contributed by atoms with Gasteiger partial charge in [-0.05, 0) is 44.3 Å². The van der Waals surface area contributed by atoms with Crippen LogP contribution in [0.3, 0.4) is 0 Å². The van der Waals surface area contributed by atoms with E-state index in [2.05, 4.69) is 56.2 Å². The van der Waals surface area contributed by atoms with Crippen LogP contribution in [0.4, 0.5) is 11.8 Å². The van der Waals surface area contributed by atoms with E-state index in [4.69, 9.17) is 10.7 Å². The van der Waals surface area contributed by atoms with Gasteiger partial charge in [0, 0.05) is 31.2 Å². The molecule has 10 nitrogen and oxygen atoms in total. The molecule has 0 unspecified atom stereocenters. The van der Waals surface area contributed by atoms with E-state index in [0.717, 1.165) is 36.7 Å². The molecule has 1 fully saturated rings. The Morgan fingerprint density at radius 2 is 1.86 bits per heavy atom. The third-order valence-electron chi connectivity index (χ3n) is 6.07. The molecule has 0 radical (unpaired) electrons. The van der Waals surface area contributed by atoms with Crippen LogP contribution in [-0.2, 0) is 6.54 Å². The summed E-state index contributed by atoms with van der Waals surface area (Å²) >= 11 is 0. The first kappa shape index (κ1) is 22.4. The van der Waals surface area contributed by atoms with Crippen molar-refractivity contribution in [2.75, 3.05) is 37.3 Å². The normalized spacial score (nSPS) is 16.3. The first-order chi connectivity index (χ1) is 17.0. The van der Waals surface area contributed by atoms with Crippen molar-refractivity contribution in [3.05, 3.63) is 66.0 Å². The Bertz CT molecular complexity index is 1390. The van der Waals surface area contributed by atoms with Gasteiger partial charge in [-0.15, -0.1) is 5.10 Å². The first-order valence-electron chi connectivity index (χ1n) is 11.5. The van der Waals surface area contributed by atoms with Crippen molar-refractivity contribution in [1.29, 1.82) is 5.26 Å². The molecule has 5 rings (SSSR count). The Balaban J connectivity index is 1.37. The van der Waals surface area contributed by atoms with Gasteiger partial charge < -0.3 is 15.5 Å². The number of nitrogens with zero attached hydrogens (tertiary/aromatic N) is 9. The number of nitrogens with two attached hydrogens (primary N) is 1. The van der Waals surface area contributed by atoms with Gasteiger partial charge in [0.25, 0.3) is 0 Å². The SMILES string of the molecule is C[C@H]1CN(C)CCN1c1cccc(Cn2cc(-c3cc(-c4cccc(C#N)c4)nc(N)n3)nn2)n1. The molecule has 176 valence electrons. The minimum Gasteiger partial charge on any atom is -0.368 e. The number of pyridine rings is 1. The maximum absolute atomic E-state index is 9.20. The third kappa shape index (κ3) is 4.95. The largest absolute Gasteiger partial charge is 0.368 e. The summed E-state index contributed by atoms with van der Waals surface area (Å²) in [7, 11) is 2.15. The molecule has 4 aromatic rings. The maximum Gasteiger partial charge on any atom is 0.221 e. The Kier molecular flexibility index (Phi) is 6.08. The number of aromatic nitrogens is 6. The van der Waals surface area contributed by atoms with Crippen molar-refractivity contribution in [3.63, 3.8) is 0 Å². The fourth-order valence-electron chi connectivity index (χ4n) is 4.35. The Morgan fingerprint density at radius 3 is 2.69 bits per heavy atom. The van der Waals surface area contributed by atoms with Gasteiger partial charge in [0.1, 0.15) is 11.5 Å². The molecule has 0 saturated carbocycles. The highest BCUT2D eigenvalue weighted by molar-refractivity contribution is 5.68. The summed E-state index contributed by atoms with van der Waals surface area (Å²) < 4.78 is 1.74. The molecule has 1 aliphatic rings. The van der Waals surface area contributed by atoms with Crippen LogP contribution >= 0.6 is 0 Å². The summed E-state index contributed by atoms with van der Waals surface area (Å²) in [6.07, 6.45) is 1.82. The summed E-state index contributed by atoms with van der Waals surface area (Å²) in [5.74, 6) is 1.11. The van der Waals surface area contributed by atoms with Gasteiger partial charge in [0.15, 0.2) is 0 Å². The van der Waals surface area contributed by atoms with E-state index in [0.29, 0.717) is 35.2 Å². The number of likely N-dealkylation sites (N-methyl/N-ethyl adjacent to an activating group) is 1. The zero-order valence-electron chi connectivity index (χ0n) is 19.7. The highest BCUT2D eigenvalue weighted by atomic mass is 15.4. The van der Waals surface area contributed by atoms with Crippen LogP contribution in [-0.4, -0.2) is 67.6 Å². The highest BCUT2D eigenvalue weighted by Crippen LogP contribution is 2.24. The molecule has 0 amide bonds. The van der Waals surface area contributed by atoms with Crippen molar-refractivity contribution in [2.45, 2.75) is 19.5 Å². The third-order valence-corrected chi connectivity index (χ3v) is 6.07. The number of anilines is 2. The van der Waals surface area contributed by atoms with Crippen molar-refractivity contribution in [2.24, 2.45) is 0 Å². The predicted octanol–water partition coefficient (Wildman–Crippen LogP) is 2.44. The van der Waals surface area contributed by atoms with Crippen LogP contribution in [0.5, 0.6) is 0 Å². The summed E-state index contributed by atoms with van der Waals surface area (Å²) in [5.41, 5.74) is 9.99. The van der Waals surface area contributed by atoms with Crippen LogP contribution in [0, 0.1) is 11.3 Å². The van der Waals surface area contributed by atoms with Gasteiger partial charge in [0.2, 0.25) is 5.95 Å². The lowest BCUT2D eigenvalue weighted by Crippen LogP contribution is -2.50. The second kappa shape index (κ2) is 9.48. The Labute approximate surface area is 203 Å². The number of rotatable bonds is 5. The summed E-state index contributed by atoms with van der Waals surface area (Å²) in [6, 6.07) is 17.6. The van der Waals surface area contributed by atoms with E-state index in [1.165, 1.54) is 0 Å². The lowest BCUT2D eigenvalue weighted by atomic mass is 10.1. The number of hydrogen-bond donors (Lipinski definition) is 1. The van der Waals surface area contributed by atoms with E-state index in [-0.39, 0.29) is 5.95 Å². The lowest BCUT2D eigenvalue weighted by Gasteiger charge is -2.39. The van der Waals surface area contributed by atoms with Crippen LogP contribution in [0.2, 0.25) is 0 Å². The molecule has 0 aliphatic carbocycles. The molecule has 1 aliphatic heterocycles. The van der Waals surface area contributed by atoms with E-state index in [1.54, 1.807) is 22.9 Å². The predicted molar refractivity (Wildman–Crippen MR) is 133 cm³/mol. The molecule has 2 N–H and O–H groups in total. The first-order valence-corrected chi connectivity index (χ1v) is 11.5. The van der Waals surface area contributed by atoms with Crippen LogP contribution < -0.4 is 10.6 Å². The van der Waals surface area contributed by atoms with E-state index in [1.807, 2.05) is 30.5 Å². The monoisotopic (exact) mass is 466 g/mol. The van der Waals surface area contributed by atoms with Crippen LogP contribution in [0.15, 0.2) is 54.7 Å². The summed E-state index contributed by atoms with van der Waals surface area (Å²) in [4.78, 5) is 18.2. The van der Waals surface area contributed by atoms with Crippen molar-refractivity contribution in [1.82, 2.24) is 34.8 Å². The second-order valence-electron chi connectivity index (χ2n) is 8.78. The topological polar surface area (TPSA) is 126 Å². The lowest BCUT2D eigenvalue weighted by molar-refractivity contribution is 0.274. The minimum atomic E-state index is 0.130. The van der Waals surface area contributed by atoms with Gasteiger partial charge in [-0.3, -0.25) is 0 Å². The molecule has 1 saturated heterocycles. The molecule has 0 bridgehead atoms. The van der Waals surface area contributed by atoms with Crippen molar-refractivity contribution < 1.29 is 0 Å². The average Bonchev–Trinajstić information content (AvgIpc) is 3.32. The minimum absolute atomic E-state index is 0.130. The van der Waals surface area contributed by atoms with E-state index in [9.17, 15) is 5.26 Å². The van der Waals surface area contributed by atoms with Gasteiger partial charge in [-0.25, -0.2) is 19.6 Å². The maximum atomic E-state index is 9.20. The van der Waals surface area contributed by atoms with Crippen molar-refractivity contribution in [3.8, 4) is 28.7 Å². The standard InChI is InChI=1S/C25H26N10/c1-17-14-33(2)9-10-35(17)24-8-4-7-20(28-24)15-34-16-23(31-32-34)22-12-21(29-25(27)30-22)19-6-3-5-18(11-19)13-26/h3-8,11-12,16-17H,9-10,14-15H2,1-2H3,(H2,27,29,30)/t17-/m0/s1. The van der Waals surface area contributed by atoms with Gasteiger partial charge in [0.05, 0.1) is 41.5 Å². The fourth-order valence-corrected chi connectivity index (χ4v) is 4.35. The molecular formula is C25H26N10. The molecule has 0 spiro atoms. The number of hydrogen-bond acceptors (Lipinski definition) is 9. The fraction of sp³-hybridized carbons (Fsp3) is 0.280. The number of benzene rings is 1. The van der Waals surface area contributed by atoms with Crippen LogP contribution in [0.25, 0.3) is 22.6 Å². The molecule has 10 heteroatoms. The second-order valence-corrected chi connectivity index (χ2v) is 8.78. The number of piperazine rings is 1. The molecule has 3 aromatic heterocycles. The molecule has 1 atom stereocenters. The molecular weight excluding hydrogens is 440 g/mol. The van der Waals surface area contributed by atoms with Gasteiger partial charge in [-0.1, -0.05) is 23.4 Å². The molecule has 4 heterocycles. The summed E-state index contributed by atoms with van der Waals surface area (Å²) in [5, 5.41) is 17.8. The summed E-state index contributed by atoms with van der Waals surface area (Å²) in [6.45, 7) is 5.71. The Hall–Kier alpha value is -4.36. The number of nitriles is 1. The smallest absolute Gasteiger partial charge is 0.221 e. The molecule has 35 heavy (non-hydrogen) atoms. The van der Waals surface area contributed by atoms with Crippen molar-refractivity contribution >= 4 is 11.8 Å². The number of nitrogen functional groups attached to an aromatic ring is 1. The van der Waals surface area contributed by atoms with Gasteiger partial charge in [-0.2, -0.15) is 5.26 Å². The highest BCUT2D eigenvalue weighted by Gasteiger charge is 2.22. The quantitative estimate of drug-likeness (QED) is 0.472. The average molecular weight is 467 g/mol. The van der Waals surface area contributed by atoms with E-state index < -0.39 is 0 Å².